The van der Waals surface area contributed by atoms with Crippen molar-refractivity contribution < 1.29 is 14.0 Å². The van der Waals surface area contributed by atoms with Crippen molar-refractivity contribution in [3.8, 4) is 22.6 Å². The Balaban J connectivity index is 0.994. The molecule has 11 heteroatoms. The number of aromatic amines is 1. The third kappa shape index (κ3) is 5.81. The highest BCUT2D eigenvalue weighted by Crippen LogP contribution is 2.36. The molecule has 45 heavy (non-hydrogen) atoms. The maximum atomic E-state index is 13.7. The van der Waals surface area contributed by atoms with Crippen LogP contribution in [0.3, 0.4) is 0 Å². The summed E-state index contributed by atoms with van der Waals surface area (Å²) in [5.74, 6) is 0.385. The number of carbonyl (C=O) groups is 2. The Morgan fingerprint density at radius 1 is 1.00 bits per heavy atom. The van der Waals surface area contributed by atoms with Crippen molar-refractivity contribution in [1.82, 2.24) is 30.0 Å². The van der Waals surface area contributed by atoms with Crippen molar-refractivity contribution in [3.63, 3.8) is 0 Å². The second-order valence-electron chi connectivity index (χ2n) is 11.6. The van der Waals surface area contributed by atoms with E-state index in [2.05, 4.69) is 42.5 Å². The topological polar surface area (TPSA) is 107 Å². The van der Waals surface area contributed by atoms with Crippen LogP contribution in [0.25, 0.3) is 33.5 Å². The Morgan fingerprint density at radius 3 is 2.60 bits per heavy atom. The van der Waals surface area contributed by atoms with E-state index in [1.807, 2.05) is 35.4 Å². The molecule has 1 fully saturated rings. The highest BCUT2D eigenvalue weighted by atomic mass is 32.2. The van der Waals surface area contributed by atoms with Gasteiger partial charge in [-0.05, 0) is 84.8 Å². The molecule has 3 aromatic carbocycles. The van der Waals surface area contributed by atoms with Crippen molar-refractivity contribution in [2.24, 2.45) is 0 Å². The number of hydrogen-bond donors (Lipinski definition) is 2. The summed E-state index contributed by atoms with van der Waals surface area (Å²) in [7, 11) is 0. The molecule has 2 aliphatic heterocycles. The molecule has 0 radical (unpaired) electrons. The first-order chi connectivity index (χ1) is 21.9. The fraction of sp³-hybridized carbons (Fsp3) is 0.265. The van der Waals surface area contributed by atoms with E-state index in [9.17, 15) is 14.0 Å². The number of carbonyl (C=O) groups excluding carboxylic acids is 2. The highest BCUT2D eigenvalue weighted by Gasteiger charge is 2.44. The molecule has 0 unspecified atom stereocenters. The standard InChI is InChI=1S/C34H32FN7O2S/c1-45-34(33(44)38-27-9-10-29-28(18-27)31(40-39-29)22-5-7-26(35)8-6-22)12-16-41(21-34)20-30(43)42-15-11-23-17-24(3-4-25(23)19-42)32-36-13-2-14-37-32/h2-10,13-14,17-18H,11-12,15-16,19-21H2,1H3,(H,38,44)(H,39,40)/t34-/m0/s1. The minimum absolute atomic E-state index is 0.0761. The van der Waals surface area contributed by atoms with Gasteiger partial charge in [-0.1, -0.05) is 12.1 Å². The first kappa shape index (κ1) is 29.1. The Hall–Kier alpha value is -4.61. The van der Waals surface area contributed by atoms with E-state index in [0.717, 1.165) is 34.0 Å². The van der Waals surface area contributed by atoms with Gasteiger partial charge in [-0.2, -0.15) is 5.10 Å². The Kier molecular flexibility index (Phi) is 7.80. The number of nitrogens with zero attached hydrogens (tertiary/aromatic N) is 5. The first-order valence-corrected chi connectivity index (χ1v) is 16.1. The fourth-order valence-electron chi connectivity index (χ4n) is 6.25. The average molecular weight is 622 g/mol. The predicted octanol–water partition coefficient (Wildman–Crippen LogP) is 5.16. The van der Waals surface area contributed by atoms with Crippen LogP contribution in [0.2, 0.25) is 0 Å². The molecule has 4 heterocycles. The van der Waals surface area contributed by atoms with Crippen LogP contribution in [0.15, 0.2) is 79.1 Å². The van der Waals surface area contributed by atoms with Gasteiger partial charge in [-0.3, -0.25) is 19.6 Å². The molecule has 0 bridgehead atoms. The van der Waals surface area contributed by atoms with Crippen molar-refractivity contribution >= 4 is 40.2 Å². The van der Waals surface area contributed by atoms with Crippen molar-refractivity contribution in [3.05, 3.63) is 96.1 Å². The van der Waals surface area contributed by atoms with Gasteiger partial charge >= 0.3 is 0 Å². The lowest BCUT2D eigenvalue weighted by molar-refractivity contribution is -0.133. The van der Waals surface area contributed by atoms with Gasteiger partial charge in [0, 0.05) is 60.8 Å². The monoisotopic (exact) mass is 621 g/mol. The number of hydrogen-bond acceptors (Lipinski definition) is 7. The number of anilines is 1. The average Bonchev–Trinajstić information content (AvgIpc) is 3.70. The van der Waals surface area contributed by atoms with Crippen LogP contribution in [-0.2, 0) is 22.6 Å². The van der Waals surface area contributed by atoms with Crippen LogP contribution >= 0.6 is 11.8 Å². The van der Waals surface area contributed by atoms with Crippen LogP contribution < -0.4 is 5.32 Å². The summed E-state index contributed by atoms with van der Waals surface area (Å²) in [6, 6.07) is 19.8. The molecule has 5 aromatic rings. The zero-order valence-corrected chi connectivity index (χ0v) is 25.6. The molecule has 1 atom stereocenters. The van der Waals surface area contributed by atoms with Gasteiger partial charge in [0.15, 0.2) is 5.82 Å². The van der Waals surface area contributed by atoms with E-state index < -0.39 is 4.75 Å². The summed E-state index contributed by atoms with van der Waals surface area (Å²) in [5, 5.41) is 11.4. The summed E-state index contributed by atoms with van der Waals surface area (Å²) in [6.45, 7) is 2.67. The number of fused-ring (bicyclic) bond motifs is 2. The second-order valence-corrected chi connectivity index (χ2v) is 12.8. The predicted molar refractivity (Wildman–Crippen MR) is 174 cm³/mol. The number of amides is 2. The maximum Gasteiger partial charge on any atom is 0.241 e. The van der Waals surface area contributed by atoms with Gasteiger partial charge < -0.3 is 10.2 Å². The molecular weight excluding hydrogens is 589 g/mol. The number of benzene rings is 3. The Labute approximate surface area is 264 Å². The van der Waals surface area contributed by atoms with E-state index in [1.165, 1.54) is 29.5 Å². The van der Waals surface area contributed by atoms with Gasteiger partial charge in [0.1, 0.15) is 10.6 Å². The van der Waals surface area contributed by atoms with Crippen LogP contribution in [-0.4, -0.2) is 79.0 Å². The molecule has 0 aliphatic carbocycles. The molecule has 7 rings (SSSR count). The summed E-state index contributed by atoms with van der Waals surface area (Å²) >= 11 is 1.53. The van der Waals surface area contributed by atoms with E-state index in [4.69, 9.17) is 0 Å². The molecule has 2 amide bonds. The number of nitrogens with one attached hydrogen (secondary N) is 2. The minimum Gasteiger partial charge on any atom is -0.337 e. The van der Waals surface area contributed by atoms with E-state index in [1.54, 1.807) is 30.6 Å². The Morgan fingerprint density at radius 2 is 1.80 bits per heavy atom. The van der Waals surface area contributed by atoms with Gasteiger partial charge in [0.05, 0.1) is 17.8 Å². The number of H-pyrrole nitrogens is 1. The molecule has 1 saturated heterocycles. The van der Waals surface area contributed by atoms with E-state index in [-0.39, 0.29) is 24.2 Å². The largest absolute Gasteiger partial charge is 0.337 e. The molecular formula is C34H32FN7O2S. The molecule has 2 aliphatic rings. The lowest BCUT2D eigenvalue weighted by atomic mass is 9.97. The van der Waals surface area contributed by atoms with E-state index >= 15 is 0 Å². The van der Waals surface area contributed by atoms with Crippen LogP contribution in [0.1, 0.15) is 17.5 Å². The second kappa shape index (κ2) is 12.1. The van der Waals surface area contributed by atoms with Gasteiger partial charge in [-0.15, -0.1) is 11.8 Å². The molecule has 2 aromatic heterocycles. The fourth-order valence-corrected chi connectivity index (χ4v) is 7.09. The molecule has 9 nitrogen and oxygen atoms in total. The molecule has 228 valence electrons. The summed E-state index contributed by atoms with van der Waals surface area (Å²) < 4.78 is 12.8. The minimum atomic E-state index is -0.671. The van der Waals surface area contributed by atoms with Crippen molar-refractivity contribution in [1.29, 1.82) is 0 Å². The maximum absolute atomic E-state index is 13.7. The zero-order valence-electron chi connectivity index (χ0n) is 24.8. The zero-order chi connectivity index (χ0) is 31.0. The lowest BCUT2D eigenvalue weighted by Crippen LogP contribution is -2.45. The number of likely N-dealkylation sites (tertiary alicyclic amines) is 1. The van der Waals surface area contributed by atoms with Crippen LogP contribution in [0.5, 0.6) is 0 Å². The van der Waals surface area contributed by atoms with Gasteiger partial charge in [-0.25, -0.2) is 14.4 Å². The number of aromatic nitrogens is 4. The smallest absolute Gasteiger partial charge is 0.241 e. The normalized spacial score (nSPS) is 18.2. The SMILES string of the molecule is CS[C@@]1(C(=O)Nc2ccc3[nH]nc(-c4ccc(F)cc4)c3c2)CCN(CC(=O)N2CCc3cc(-c4ncccn4)ccc3C2)C1. The summed E-state index contributed by atoms with van der Waals surface area (Å²) in [5.41, 5.74) is 6.31. The lowest BCUT2D eigenvalue weighted by Gasteiger charge is -2.31. The van der Waals surface area contributed by atoms with Crippen molar-refractivity contribution in [2.45, 2.75) is 24.1 Å². The first-order valence-electron chi connectivity index (χ1n) is 14.9. The number of thioether (sulfide) groups is 1. The van der Waals surface area contributed by atoms with Crippen molar-refractivity contribution in [2.75, 3.05) is 37.8 Å². The van der Waals surface area contributed by atoms with E-state index in [0.29, 0.717) is 49.8 Å². The third-order valence-electron chi connectivity index (χ3n) is 8.81. The van der Waals surface area contributed by atoms with Crippen LogP contribution in [0.4, 0.5) is 10.1 Å². The highest BCUT2D eigenvalue weighted by molar-refractivity contribution is 8.00. The number of rotatable bonds is 7. The molecule has 2 N–H and O–H groups in total. The van der Waals surface area contributed by atoms with Gasteiger partial charge in [0.2, 0.25) is 11.8 Å². The quantitative estimate of drug-likeness (QED) is 0.259. The van der Waals surface area contributed by atoms with Crippen LogP contribution in [0, 0.1) is 5.82 Å². The number of halogens is 1. The molecule has 0 saturated carbocycles. The summed E-state index contributed by atoms with van der Waals surface area (Å²) in [4.78, 5) is 39.8. The van der Waals surface area contributed by atoms with Gasteiger partial charge in [0.25, 0.3) is 0 Å². The third-order valence-corrected chi connectivity index (χ3v) is 10.1. The molecule has 0 spiro atoms. The Bertz CT molecular complexity index is 1880. The summed E-state index contributed by atoms with van der Waals surface area (Å²) in [6.07, 6.45) is 6.86.